The SMILES string of the molecule is CC(=O)OC1CC(C)OC1COCc1ccccc1. The van der Waals surface area contributed by atoms with Crippen molar-refractivity contribution in [3.63, 3.8) is 0 Å². The molecule has 1 aliphatic heterocycles. The monoisotopic (exact) mass is 264 g/mol. The fourth-order valence-electron chi connectivity index (χ4n) is 2.27. The topological polar surface area (TPSA) is 44.8 Å². The molecule has 3 atom stereocenters. The van der Waals surface area contributed by atoms with Crippen molar-refractivity contribution in [1.82, 2.24) is 0 Å². The maximum Gasteiger partial charge on any atom is 0.302 e. The van der Waals surface area contributed by atoms with E-state index >= 15 is 0 Å². The van der Waals surface area contributed by atoms with Crippen LogP contribution in [0.2, 0.25) is 0 Å². The number of carbonyl (C=O) groups is 1. The summed E-state index contributed by atoms with van der Waals surface area (Å²) in [6.07, 6.45) is 0.486. The predicted octanol–water partition coefficient (Wildman–Crippen LogP) is 2.31. The first-order chi connectivity index (χ1) is 9.15. The number of hydrogen-bond acceptors (Lipinski definition) is 4. The maximum absolute atomic E-state index is 11.0. The number of ether oxygens (including phenoxy) is 3. The van der Waals surface area contributed by atoms with Gasteiger partial charge in [-0.15, -0.1) is 0 Å². The van der Waals surface area contributed by atoms with Crippen LogP contribution in [0.3, 0.4) is 0 Å². The van der Waals surface area contributed by atoms with Crippen molar-refractivity contribution >= 4 is 5.97 Å². The third-order valence-electron chi connectivity index (χ3n) is 3.10. The van der Waals surface area contributed by atoms with Gasteiger partial charge >= 0.3 is 5.97 Å². The molecule has 1 heterocycles. The summed E-state index contributed by atoms with van der Waals surface area (Å²) in [5.74, 6) is -0.268. The quantitative estimate of drug-likeness (QED) is 0.766. The van der Waals surface area contributed by atoms with Crippen LogP contribution < -0.4 is 0 Å². The second-order valence-corrected chi connectivity index (χ2v) is 4.87. The van der Waals surface area contributed by atoms with Gasteiger partial charge in [0.1, 0.15) is 12.2 Å². The average molecular weight is 264 g/mol. The molecule has 19 heavy (non-hydrogen) atoms. The lowest BCUT2D eigenvalue weighted by Crippen LogP contribution is -2.30. The van der Waals surface area contributed by atoms with E-state index in [0.29, 0.717) is 13.2 Å². The molecule has 0 bridgehead atoms. The van der Waals surface area contributed by atoms with E-state index in [-0.39, 0.29) is 24.3 Å². The lowest BCUT2D eigenvalue weighted by molar-refractivity contribution is -0.151. The Morgan fingerprint density at radius 2 is 2.11 bits per heavy atom. The molecular formula is C15H20O4. The predicted molar refractivity (Wildman–Crippen MR) is 70.6 cm³/mol. The Kier molecular flexibility index (Phi) is 4.93. The summed E-state index contributed by atoms with van der Waals surface area (Å²) in [6, 6.07) is 9.97. The molecule has 3 unspecified atom stereocenters. The van der Waals surface area contributed by atoms with E-state index < -0.39 is 0 Å². The van der Waals surface area contributed by atoms with Crippen molar-refractivity contribution < 1.29 is 19.0 Å². The lowest BCUT2D eigenvalue weighted by atomic mass is 10.1. The zero-order chi connectivity index (χ0) is 13.7. The standard InChI is InChI=1S/C15H20O4/c1-11-8-14(19-12(2)16)15(18-11)10-17-9-13-6-4-3-5-7-13/h3-7,11,14-15H,8-10H2,1-2H3. The van der Waals surface area contributed by atoms with Gasteiger partial charge in [-0.25, -0.2) is 0 Å². The minimum atomic E-state index is -0.268. The molecule has 0 aromatic heterocycles. The molecule has 1 aromatic carbocycles. The molecule has 0 saturated carbocycles. The highest BCUT2D eigenvalue weighted by atomic mass is 16.6. The fourth-order valence-corrected chi connectivity index (χ4v) is 2.27. The number of esters is 1. The highest BCUT2D eigenvalue weighted by molar-refractivity contribution is 5.66. The molecule has 4 heteroatoms. The van der Waals surface area contributed by atoms with Crippen molar-refractivity contribution in [3.8, 4) is 0 Å². The van der Waals surface area contributed by atoms with Crippen LogP contribution in [-0.4, -0.2) is 30.9 Å². The number of carbonyl (C=O) groups excluding carboxylic acids is 1. The second kappa shape index (κ2) is 6.68. The Balaban J connectivity index is 1.79. The first-order valence-corrected chi connectivity index (χ1v) is 6.59. The highest BCUT2D eigenvalue weighted by Gasteiger charge is 2.35. The van der Waals surface area contributed by atoms with Crippen molar-refractivity contribution in [1.29, 1.82) is 0 Å². The third kappa shape index (κ3) is 4.33. The van der Waals surface area contributed by atoms with Crippen LogP contribution in [0.25, 0.3) is 0 Å². The molecule has 1 fully saturated rings. The van der Waals surface area contributed by atoms with Crippen LogP contribution in [0.15, 0.2) is 30.3 Å². The van der Waals surface area contributed by atoms with Gasteiger partial charge in [0.2, 0.25) is 0 Å². The molecule has 0 radical (unpaired) electrons. The van der Waals surface area contributed by atoms with Gasteiger partial charge in [0, 0.05) is 13.3 Å². The van der Waals surface area contributed by atoms with E-state index in [1.54, 1.807) is 0 Å². The molecule has 104 valence electrons. The molecular weight excluding hydrogens is 244 g/mol. The smallest absolute Gasteiger partial charge is 0.302 e. The highest BCUT2D eigenvalue weighted by Crippen LogP contribution is 2.23. The van der Waals surface area contributed by atoms with Gasteiger partial charge in [0.25, 0.3) is 0 Å². The molecule has 0 N–H and O–H groups in total. The lowest BCUT2D eigenvalue weighted by Gasteiger charge is -2.18. The molecule has 2 rings (SSSR count). The molecule has 1 aliphatic rings. The van der Waals surface area contributed by atoms with Crippen molar-refractivity contribution in [3.05, 3.63) is 35.9 Å². The van der Waals surface area contributed by atoms with Crippen LogP contribution in [-0.2, 0) is 25.6 Å². The normalized spacial score (nSPS) is 26.3. The fraction of sp³-hybridized carbons (Fsp3) is 0.533. The molecule has 0 amide bonds. The molecule has 4 nitrogen and oxygen atoms in total. The summed E-state index contributed by atoms with van der Waals surface area (Å²) < 4.78 is 16.6. The average Bonchev–Trinajstić information content (AvgIpc) is 2.70. The number of benzene rings is 1. The maximum atomic E-state index is 11.0. The van der Waals surface area contributed by atoms with Crippen LogP contribution in [0.1, 0.15) is 25.8 Å². The summed E-state index contributed by atoms with van der Waals surface area (Å²) in [5, 5.41) is 0. The summed E-state index contributed by atoms with van der Waals surface area (Å²) in [7, 11) is 0. The first kappa shape index (κ1) is 14.0. The molecule has 1 aromatic rings. The van der Waals surface area contributed by atoms with Crippen LogP contribution in [0.5, 0.6) is 0 Å². The summed E-state index contributed by atoms with van der Waals surface area (Å²) in [4.78, 5) is 11.0. The first-order valence-electron chi connectivity index (χ1n) is 6.59. The van der Waals surface area contributed by atoms with E-state index in [1.807, 2.05) is 37.3 Å². The van der Waals surface area contributed by atoms with Crippen LogP contribution in [0, 0.1) is 0 Å². The third-order valence-corrected chi connectivity index (χ3v) is 3.10. The Bertz CT molecular complexity index is 404. The zero-order valence-corrected chi connectivity index (χ0v) is 11.4. The van der Waals surface area contributed by atoms with Crippen molar-refractivity contribution in [2.45, 2.75) is 45.2 Å². The largest absolute Gasteiger partial charge is 0.460 e. The van der Waals surface area contributed by atoms with Gasteiger partial charge in [-0.2, -0.15) is 0 Å². The van der Waals surface area contributed by atoms with Gasteiger partial charge in [-0.3, -0.25) is 4.79 Å². The molecule has 0 aliphatic carbocycles. The summed E-state index contributed by atoms with van der Waals surface area (Å²) >= 11 is 0. The van der Waals surface area contributed by atoms with Crippen molar-refractivity contribution in [2.75, 3.05) is 6.61 Å². The summed E-state index contributed by atoms with van der Waals surface area (Å²) in [5.41, 5.74) is 1.12. The minimum Gasteiger partial charge on any atom is -0.460 e. The molecule has 1 saturated heterocycles. The number of rotatable bonds is 5. The van der Waals surface area contributed by atoms with E-state index in [9.17, 15) is 4.79 Å². The Labute approximate surface area is 113 Å². The zero-order valence-electron chi connectivity index (χ0n) is 11.4. The molecule has 0 spiro atoms. The summed E-state index contributed by atoms with van der Waals surface area (Å²) in [6.45, 7) is 4.39. The van der Waals surface area contributed by atoms with E-state index in [2.05, 4.69) is 0 Å². The van der Waals surface area contributed by atoms with Gasteiger partial charge in [0.15, 0.2) is 0 Å². The Morgan fingerprint density at radius 3 is 2.79 bits per heavy atom. The Hall–Kier alpha value is -1.39. The van der Waals surface area contributed by atoms with Crippen LogP contribution >= 0.6 is 0 Å². The van der Waals surface area contributed by atoms with E-state index in [0.717, 1.165) is 12.0 Å². The Morgan fingerprint density at radius 1 is 1.37 bits per heavy atom. The van der Waals surface area contributed by atoms with E-state index in [1.165, 1.54) is 6.92 Å². The van der Waals surface area contributed by atoms with Gasteiger partial charge in [0.05, 0.1) is 19.3 Å². The van der Waals surface area contributed by atoms with Crippen LogP contribution in [0.4, 0.5) is 0 Å². The van der Waals surface area contributed by atoms with Gasteiger partial charge in [-0.1, -0.05) is 30.3 Å². The van der Waals surface area contributed by atoms with Crippen molar-refractivity contribution in [2.24, 2.45) is 0 Å². The number of hydrogen-bond donors (Lipinski definition) is 0. The second-order valence-electron chi connectivity index (χ2n) is 4.87. The minimum absolute atomic E-state index is 0.106. The van der Waals surface area contributed by atoms with Gasteiger partial charge in [-0.05, 0) is 12.5 Å². The van der Waals surface area contributed by atoms with Gasteiger partial charge < -0.3 is 14.2 Å². The van der Waals surface area contributed by atoms with E-state index in [4.69, 9.17) is 14.2 Å².